The van der Waals surface area contributed by atoms with Gasteiger partial charge in [-0.2, -0.15) is 0 Å². The lowest BCUT2D eigenvalue weighted by atomic mass is 10.2. The summed E-state index contributed by atoms with van der Waals surface area (Å²) in [5.41, 5.74) is 7.26. The second-order valence-electron chi connectivity index (χ2n) is 5.31. The number of aromatic nitrogens is 1. The monoisotopic (exact) mass is 261 g/mol. The minimum atomic E-state index is 0.164. The molecule has 2 N–H and O–H groups in total. The van der Waals surface area contributed by atoms with Crippen LogP contribution in [-0.2, 0) is 11.3 Å². The van der Waals surface area contributed by atoms with Crippen molar-refractivity contribution in [2.24, 2.45) is 0 Å². The van der Waals surface area contributed by atoms with E-state index in [1.807, 2.05) is 11.0 Å². The quantitative estimate of drug-likeness (QED) is 0.875. The van der Waals surface area contributed by atoms with Crippen molar-refractivity contribution < 1.29 is 4.79 Å². The maximum Gasteiger partial charge on any atom is 0.237 e. The number of piperazine rings is 1. The van der Waals surface area contributed by atoms with Crippen molar-refractivity contribution in [2.75, 3.05) is 31.9 Å². The molecule has 0 bridgehead atoms. The Kier molecular flexibility index (Phi) is 4.37. The summed E-state index contributed by atoms with van der Waals surface area (Å²) < 4.78 is 0. The maximum atomic E-state index is 12.1. The Morgan fingerprint density at radius 3 is 2.84 bits per heavy atom. The molecule has 1 aromatic rings. The van der Waals surface area contributed by atoms with Crippen LogP contribution in [0, 0.1) is 5.92 Å². The summed E-state index contributed by atoms with van der Waals surface area (Å²) in [7, 11) is 0. The van der Waals surface area contributed by atoms with Crippen LogP contribution in [0.15, 0.2) is 18.3 Å². The highest BCUT2D eigenvalue weighted by molar-refractivity contribution is 5.79. The molecular weight excluding hydrogens is 240 g/mol. The third-order valence-electron chi connectivity index (χ3n) is 3.13. The van der Waals surface area contributed by atoms with E-state index >= 15 is 0 Å². The number of anilines is 1. The van der Waals surface area contributed by atoms with E-state index in [0.29, 0.717) is 18.8 Å². The van der Waals surface area contributed by atoms with Gasteiger partial charge in [0.2, 0.25) is 5.91 Å². The van der Waals surface area contributed by atoms with Gasteiger partial charge in [-0.1, -0.05) is 13.8 Å². The van der Waals surface area contributed by atoms with Gasteiger partial charge in [-0.15, -0.1) is 0 Å². The average Bonchev–Trinajstić information content (AvgIpc) is 2.32. The van der Waals surface area contributed by atoms with Crippen LogP contribution in [0.1, 0.15) is 19.5 Å². The van der Waals surface area contributed by atoms with Crippen molar-refractivity contribution >= 4 is 11.6 Å². The predicted octanol–water partition coefficient (Wildman–Crippen LogP) is 0.922. The fourth-order valence-electron chi connectivity index (χ4n) is 2.29. The molecule has 1 amide bonds. The number of rotatable bonds is 4. The van der Waals surface area contributed by atoms with Crippen molar-refractivity contribution in [1.29, 1.82) is 0 Å². The number of nitrogens with two attached hydrogens (primary N) is 1. The fourth-order valence-corrected chi connectivity index (χ4v) is 2.29. The zero-order chi connectivity index (χ0) is 13.8. The van der Waals surface area contributed by atoms with E-state index < -0.39 is 0 Å². The molecular formula is C14H21N4O. The molecule has 0 unspecified atom stereocenters. The lowest BCUT2D eigenvalue weighted by molar-refractivity contribution is -0.136. The fraction of sp³-hybridized carbons (Fsp3) is 0.500. The van der Waals surface area contributed by atoms with Gasteiger partial charge in [0, 0.05) is 31.5 Å². The van der Waals surface area contributed by atoms with Crippen LogP contribution in [0.2, 0.25) is 0 Å². The smallest absolute Gasteiger partial charge is 0.237 e. The Balaban J connectivity index is 1.91. The highest BCUT2D eigenvalue weighted by Crippen LogP contribution is 2.11. The van der Waals surface area contributed by atoms with Crippen LogP contribution >= 0.6 is 0 Å². The van der Waals surface area contributed by atoms with Gasteiger partial charge in [-0.05, 0) is 18.1 Å². The first kappa shape index (κ1) is 13.8. The minimum absolute atomic E-state index is 0.164. The lowest BCUT2D eigenvalue weighted by Crippen LogP contribution is -2.50. The van der Waals surface area contributed by atoms with Crippen LogP contribution < -0.4 is 5.73 Å². The molecule has 0 aliphatic carbocycles. The molecule has 5 nitrogen and oxygen atoms in total. The predicted molar refractivity (Wildman–Crippen MR) is 75.1 cm³/mol. The van der Waals surface area contributed by atoms with Crippen molar-refractivity contribution in [3.63, 3.8) is 0 Å². The molecule has 2 rings (SSSR count). The molecule has 103 valence electrons. The van der Waals surface area contributed by atoms with Gasteiger partial charge >= 0.3 is 0 Å². The van der Waals surface area contributed by atoms with E-state index in [-0.39, 0.29) is 5.91 Å². The molecule has 1 saturated heterocycles. The Bertz CT molecular complexity index is 447. The summed E-state index contributed by atoms with van der Waals surface area (Å²) in [4.78, 5) is 20.4. The van der Waals surface area contributed by atoms with E-state index in [1.165, 1.54) is 5.92 Å². The Labute approximate surface area is 114 Å². The van der Waals surface area contributed by atoms with E-state index in [1.54, 1.807) is 12.3 Å². The third kappa shape index (κ3) is 3.92. The normalized spacial score (nSPS) is 17.2. The molecule has 1 aliphatic heterocycles. The molecule has 1 aliphatic rings. The van der Waals surface area contributed by atoms with Crippen LogP contribution in [-0.4, -0.2) is 46.9 Å². The number of nitrogen functional groups attached to an aromatic ring is 1. The number of amides is 1. The first-order valence-electron chi connectivity index (χ1n) is 6.54. The van der Waals surface area contributed by atoms with Crippen molar-refractivity contribution in [3.8, 4) is 0 Å². The third-order valence-corrected chi connectivity index (χ3v) is 3.13. The Morgan fingerprint density at radius 2 is 2.21 bits per heavy atom. The van der Waals surface area contributed by atoms with Crippen LogP contribution in [0.25, 0.3) is 0 Å². The molecule has 1 fully saturated rings. The van der Waals surface area contributed by atoms with Crippen molar-refractivity contribution in [2.45, 2.75) is 20.4 Å². The number of pyridine rings is 1. The molecule has 0 spiro atoms. The molecule has 19 heavy (non-hydrogen) atoms. The molecule has 0 aromatic carbocycles. The van der Waals surface area contributed by atoms with Gasteiger partial charge in [0.05, 0.1) is 18.8 Å². The average molecular weight is 261 g/mol. The van der Waals surface area contributed by atoms with Crippen molar-refractivity contribution in [1.82, 2.24) is 14.8 Å². The number of nitrogens with zero attached hydrogens (tertiary/aromatic N) is 3. The summed E-state index contributed by atoms with van der Waals surface area (Å²) in [6, 6.07) is 3.58. The second-order valence-corrected chi connectivity index (χ2v) is 5.31. The molecule has 5 heteroatoms. The zero-order valence-corrected chi connectivity index (χ0v) is 11.6. The molecule has 1 aromatic heterocycles. The zero-order valence-electron chi connectivity index (χ0n) is 11.6. The van der Waals surface area contributed by atoms with E-state index in [9.17, 15) is 4.79 Å². The standard InChI is InChI=1S/C14H21N4O/c1-11(2)8-17-5-6-18(14(19)10-17)9-13-7-12(15)3-4-16-13/h3-4,7H,5-6,8-10H2,1-2H3,(H2,15,16). The first-order valence-corrected chi connectivity index (χ1v) is 6.54. The summed E-state index contributed by atoms with van der Waals surface area (Å²) >= 11 is 0. The van der Waals surface area contributed by atoms with Crippen LogP contribution in [0.3, 0.4) is 0 Å². The molecule has 2 heterocycles. The molecule has 1 radical (unpaired) electrons. The summed E-state index contributed by atoms with van der Waals surface area (Å²) in [5, 5.41) is 0. The summed E-state index contributed by atoms with van der Waals surface area (Å²) in [6.45, 7) is 7.79. The van der Waals surface area contributed by atoms with Crippen molar-refractivity contribution in [3.05, 3.63) is 29.9 Å². The first-order chi connectivity index (χ1) is 9.04. The number of carbonyl (C=O) groups excluding carboxylic acids is 1. The highest BCUT2D eigenvalue weighted by Gasteiger charge is 2.24. The topological polar surface area (TPSA) is 62.5 Å². The SMILES string of the molecule is C[C](C)CN1CCN(Cc2cc(N)ccn2)C(=O)C1. The molecule has 0 atom stereocenters. The number of hydrogen-bond donors (Lipinski definition) is 1. The van der Waals surface area contributed by atoms with Gasteiger partial charge in [0.25, 0.3) is 0 Å². The van der Waals surface area contributed by atoms with Gasteiger partial charge < -0.3 is 10.6 Å². The Morgan fingerprint density at radius 1 is 1.42 bits per heavy atom. The summed E-state index contributed by atoms with van der Waals surface area (Å²) in [6.07, 6.45) is 1.68. The molecule has 0 saturated carbocycles. The summed E-state index contributed by atoms with van der Waals surface area (Å²) in [5.74, 6) is 1.50. The van der Waals surface area contributed by atoms with Gasteiger partial charge in [0.1, 0.15) is 0 Å². The van der Waals surface area contributed by atoms with Crippen LogP contribution in [0.4, 0.5) is 5.69 Å². The minimum Gasteiger partial charge on any atom is -0.399 e. The largest absolute Gasteiger partial charge is 0.399 e. The lowest BCUT2D eigenvalue weighted by Gasteiger charge is -2.34. The second kappa shape index (κ2) is 6.02. The number of carbonyl (C=O) groups is 1. The number of hydrogen-bond acceptors (Lipinski definition) is 4. The van der Waals surface area contributed by atoms with Crippen LogP contribution in [0.5, 0.6) is 0 Å². The van der Waals surface area contributed by atoms with E-state index in [2.05, 4.69) is 23.7 Å². The van der Waals surface area contributed by atoms with Gasteiger partial charge in [0.15, 0.2) is 0 Å². The van der Waals surface area contributed by atoms with Gasteiger partial charge in [-0.25, -0.2) is 0 Å². The van der Waals surface area contributed by atoms with E-state index in [0.717, 1.165) is 25.3 Å². The maximum absolute atomic E-state index is 12.1. The highest BCUT2D eigenvalue weighted by atomic mass is 16.2. The Hall–Kier alpha value is -1.62. The van der Waals surface area contributed by atoms with E-state index in [4.69, 9.17) is 5.73 Å². The van der Waals surface area contributed by atoms with Gasteiger partial charge in [-0.3, -0.25) is 14.7 Å².